The van der Waals surface area contributed by atoms with E-state index in [9.17, 15) is 0 Å². The van der Waals surface area contributed by atoms with Crippen molar-refractivity contribution in [3.63, 3.8) is 0 Å². The molecule has 2 N–H and O–H groups in total. The molecule has 0 heterocycles. The van der Waals surface area contributed by atoms with Gasteiger partial charge in [0.25, 0.3) is 0 Å². The Kier molecular flexibility index (Phi) is 4.13. The summed E-state index contributed by atoms with van der Waals surface area (Å²) in [6, 6.07) is 11.7. The van der Waals surface area contributed by atoms with E-state index in [0.717, 1.165) is 33.0 Å². The van der Waals surface area contributed by atoms with Gasteiger partial charge in [-0.2, -0.15) is 0 Å². The summed E-state index contributed by atoms with van der Waals surface area (Å²) >= 11 is 6.16. The van der Waals surface area contributed by atoms with Gasteiger partial charge in [0.2, 0.25) is 0 Å². The van der Waals surface area contributed by atoms with Crippen LogP contribution in [0.3, 0.4) is 0 Å². The van der Waals surface area contributed by atoms with E-state index in [1.807, 2.05) is 50.2 Å². The number of hydrogen-bond donors (Lipinski definition) is 1. The summed E-state index contributed by atoms with van der Waals surface area (Å²) in [5, 5.41) is 0.749. The van der Waals surface area contributed by atoms with Gasteiger partial charge in [-0.1, -0.05) is 29.8 Å². The van der Waals surface area contributed by atoms with E-state index in [4.69, 9.17) is 22.1 Å². The van der Waals surface area contributed by atoms with Crippen molar-refractivity contribution in [2.24, 2.45) is 5.73 Å². The quantitative estimate of drug-likeness (QED) is 0.918. The summed E-state index contributed by atoms with van der Waals surface area (Å²) in [6.45, 7) is 4.02. The van der Waals surface area contributed by atoms with Crippen LogP contribution in [0.5, 0.6) is 5.75 Å². The second-order valence-corrected chi connectivity index (χ2v) is 5.12. The van der Waals surface area contributed by atoms with Crippen LogP contribution < -0.4 is 10.5 Å². The Labute approximate surface area is 119 Å². The highest BCUT2D eigenvalue weighted by molar-refractivity contribution is 6.31. The summed E-state index contributed by atoms with van der Waals surface area (Å²) in [5.41, 5.74) is 10.6. The molecule has 0 spiro atoms. The normalized spacial score (nSPS) is 12.3. The molecular formula is C16H18ClNO. The molecule has 0 saturated heterocycles. The number of nitrogens with two attached hydrogens (primary N) is 1. The molecule has 0 aliphatic carbocycles. The molecule has 1 atom stereocenters. The maximum Gasteiger partial charge on any atom is 0.119 e. The molecule has 0 saturated carbocycles. The predicted octanol–water partition coefficient (Wildman–Crippen LogP) is 4.01. The van der Waals surface area contributed by atoms with Crippen molar-refractivity contribution in [3.05, 3.63) is 63.7 Å². The van der Waals surface area contributed by atoms with Gasteiger partial charge in [0, 0.05) is 5.02 Å². The lowest BCUT2D eigenvalue weighted by atomic mass is 9.95. The SMILES string of the molecule is COc1ccc(C(N)c2ccc(C)c(Cl)c2)c(C)c1. The third-order valence-electron chi connectivity index (χ3n) is 3.37. The van der Waals surface area contributed by atoms with Crippen LogP contribution in [0.4, 0.5) is 0 Å². The first kappa shape index (κ1) is 13.9. The average Bonchev–Trinajstić information content (AvgIpc) is 2.41. The van der Waals surface area contributed by atoms with Crippen LogP contribution in [0.25, 0.3) is 0 Å². The predicted molar refractivity (Wildman–Crippen MR) is 80.0 cm³/mol. The highest BCUT2D eigenvalue weighted by atomic mass is 35.5. The van der Waals surface area contributed by atoms with Crippen molar-refractivity contribution in [1.29, 1.82) is 0 Å². The van der Waals surface area contributed by atoms with Gasteiger partial charge in [-0.05, 0) is 54.3 Å². The monoisotopic (exact) mass is 275 g/mol. The molecule has 2 nitrogen and oxygen atoms in total. The molecule has 0 radical (unpaired) electrons. The van der Waals surface area contributed by atoms with Crippen molar-refractivity contribution < 1.29 is 4.74 Å². The minimum atomic E-state index is -0.177. The maximum atomic E-state index is 6.33. The largest absolute Gasteiger partial charge is 0.497 e. The lowest BCUT2D eigenvalue weighted by molar-refractivity contribution is 0.414. The third-order valence-corrected chi connectivity index (χ3v) is 3.77. The van der Waals surface area contributed by atoms with Gasteiger partial charge in [0.05, 0.1) is 13.2 Å². The number of methoxy groups -OCH3 is 1. The first-order valence-corrected chi connectivity index (χ1v) is 6.57. The lowest BCUT2D eigenvalue weighted by Gasteiger charge is -2.17. The molecule has 0 amide bonds. The fraction of sp³-hybridized carbons (Fsp3) is 0.250. The van der Waals surface area contributed by atoms with Crippen molar-refractivity contribution in [2.45, 2.75) is 19.9 Å². The summed E-state index contributed by atoms with van der Waals surface area (Å²) in [5.74, 6) is 0.843. The van der Waals surface area contributed by atoms with E-state index >= 15 is 0 Å². The second-order valence-electron chi connectivity index (χ2n) is 4.71. The molecule has 1 unspecified atom stereocenters. The van der Waals surface area contributed by atoms with E-state index in [0.29, 0.717) is 0 Å². The second kappa shape index (κ2) is 5.64. The first-order valence-electron chi connectivity index (χ1n) is 6.19. The van der Waals surface area contributed by atoms with Gasteiger partial charge in [-0.15, -0.1) is 0 Å². The van der Waals surface area contributed by atoms with E-state index in [1.165, 1.54) is 0 Å². The van der Waals surface area contributed by atoms with E-state index in [1.54, 1.807) is 7.11 Å². The van der Waals surface area contributed by atoms with E-state index < -0.39 is 0 Å². The van der Waals surface area contributed by atoms with Gasteiger partial charge in [0.15, 0.2) is 0 Å². The Morgan fingerprint density at radius 3 is 2.37 bits per heavy atom. The molecular weight excluding hydrogens is 258 g/mol. The summed E-state index contributed by atoms with van der Waals surface area (Å²) in [4.78, 5) is 0. The summed E-state index contributed by atoms with van der Waals surface area (Å²) in [7, 11) is 1.66. The Balaban J connectivity index is 2.38. The minimum Gasteiger partial charge on any atom is -0.497 e. The standard InChI is InChI=1S/C16H18ClNO/c1-10-4-5-12(9-15(10)17)16(18)14-7-6-13(19-3)8-11(14)2/h4-9,16H,18H2,1-3H3. The average molecular weight is 276 g/mol. The van der Waals surface area contributed by atoms with Gasteiger partial charge in [-0.3, -0.25) is 0 Å². The first-order chi connectivity index (χ1) is 9.02. The molecule has 3 heteroatoms. The Bertz CT molecular complexity index is 595. The van der Waals surface area contributed by atoms with Gasteiger partial charge in [-0.25, -0.2) is 0 Å². The number of ether oxygens (including phenoxy) is 1. The molecule has 19 heavy (non-hydrogen) atoms. The van der Waals surface area contributed by atoms with Crippen molar-refractivity contribution in [2.75, 3.05) is 7.11 Å². The Morgan fingerprint density at radius 2 is 1.79 bits per heavy atom. The zero-order valence-corrected chi connectivity index (χ0v) is 12.2. The number of rotatable bonds is 3. The number of halogens is 1. The van der Waals surface area contributed by atoms with Crippen molar-refractivity contribution in [1.82, 2.24) is 0 Å². The van der Waals surface area contributed by atoms with Crippen LogP contribution in [0.15, 0.2) is 36.4 Å². The molecule has 0 aliphatic rings. The van der Waals surface area contributed by atoms with Crippen LogP contribution in [0.1, 0.15) is 28.3 Å². The zero-order chi connectivity index (χ0) is 14.0. The van der Waals surface area contributed by atoms with Crippen LogP contribution in [0.2, 0.25) is 5.02 Å². The summed E-state index contributed by atoms with van der Waals surface area (Å²) < 4.78 is 5.21. The zero-order valence-electron chi connectivity index (χ0n) is 11.4. The number of benzene rings is 2. The van der Waals surface area contributed by atoms with Crippen molar-refractivity contribution in [3.8, 4) is 5.75 Å². The molecule has 2 aromatic carbocycles. The van der Waals surface area contributed by atoms with Crippen LogP contribution in [-0.2, 0) is 0 Å². The van der Waals surface area contributed by atoms with Crippen LogP contribution in [0, 0.1) is 13.8 Å². The Hall–Kier alpha value is -1.51. The molecule has 0 aliphatic heterocycles. The van der Waals surface area contributed by atoms with Crippen LogP contribution >= 0.6 is 11.6 Å². The molecule has 0 aromatic heterocycles. The third kappa shape index (κ3) is 2.91. The number of aryl methyl sites for hydroxylation is 2. The topological polar surface area (TPSA) is 35.2 Å². The van der Waals surface area contributed by atoms with Crippen LogP contribution in [-0.4, -0.2) is 7.11 Å². The smallest absolute Gasteiger partial charge is 0.119 e. The highest BCUT2D eigenvalue weighted by Gasteiger charge is 2.13. The van der Waals surface area contributed by atoms with Gasteiger partial charge in [0.1, 0.15) is 5.75 Å². The van der Waals surface area contributed by atoms with E-state index in [-0.39, 0.29) is 6.04 Å². The number of hydrogen-bond acceptors (Lipinski definition) is 2. The van der Waals surface area contributed by atoms with Gasteiger partial charge >= 0.3 is 0 Å². The molecule has 2 aromatic rings. The highest BCUT2D eigenvalue weighted by Crippen LogP contribution is 2.28. The maximum absolute atomic E-state index is 6.33. The molecule has 0 bridgehead atoms. The van der Waals surface area contributed by atoms with E-state index in [2.05, 4.69) is 0 Å². The minimum absolute atomic E-state index is 0.177. The fourth-order valence-electron chi connectivity index (χ4n) is 2.11. The van der Waals surface area contributed by atoms with Crippen molar-refractivity contribution >= 4 is 11.6 Å². The van der Waals surface area contributed by atoms with Gasteiger partial charge < -0.3 is 10.5 Å². The fourth-order valence-corrected chi connectivity index (χ4v) is 2.30. The molecule has 2 rings (SSSR count). The molecule has 100 valence electrons. The molecule has 0 fully saturated rings. The Morgan fingerprint density at radius 1 is 1.05 bits per heavy atom. The summed E-state index contributed by atoms with van der Waals surface area (Å²) in [6.07, 6.45) is 0. The lowest BCUT2D eigenvalue weighted by Crippen LogP contribution is -2.13.